The third kappa shape index (κ3) is 3.65. The number of aromatic amines is 1. The molecule has 1 atom stereocenters. The zero-order valence-electron chi connectivity index (χ0n) is 14.9. The first kappa shape index (κ1) is 17.9. The first-order valence-corrected chi connectivity index (χ1v) is 10.4. The van der Waals surface area contributed by atoms with Crippen LogP contribution in [0.5, 0.6) is 5.75 Å². The highest BCUT2D eigenvalue weighted by atomic mass is 32.2. The van der Waals surface area contributed by atoms with Crippen molar-refractivity contribution in [2.24, 2.45) is 0 Å². The van der Waals surface area contributed by atoms with E-state index in [2.05, 4.69) is 23.0 Å². The van der Waals surface area contributed by atoms with Crippen LogP contribution in [0, 0.1) is 0 Å². The molecule has 3 aromatic heterocycles. The van der Waals surface area contributed by atoms with Crippen molar-refractivity contribution in [3.05, 3.63) is 69.8 Å². The quantitative estimate of drug-likeness (QED) is 0.480. The zero-order valence-corrected chi connectivity index (χ0v) is 16.5. The van der Waals surface area contributed by atoms with Gasteiger partial charge >= 0.3 is 0 Å². The van der Waals surface area contributed by atoms with E-state index in [0.717, 1.165) is 21.9 Å². The van der Waals surface area contributed by atoms with Crippen LogP contribution in [0.1, 0.15) is 23.6 Å². The molecule has 27 heavy (non-hydrogen) atoms. The number of rotatable bonds is 6. The zero-order chi connectivity index (χ0) is 18.8. The van der Waals surface area contributed by atoms with Gasteiger partial charge in [-0.25, -0.2) is 4.98 Å². The van der Waals surface area contributed by atoms with Gasteiger partial charge in [-0.3, -0.25) is 4.79 Å². The Hall–Kier alpha value is -2.51. The third-order valence-corrected chi connectivity index (χ3v) is 6.36. The summed E-state index contributed by atoms with van der Waals surface area (Å²) in [5, 5.41) is 2.56. The van der Waals surface area contributed by atoms with E-state index < -0.39 is 0 Å². The number of hydrogen-bond acceptors (Lipinski definition) is 6. The van der Waals surface area contributed by atoms with Crippen molar-refractivity contribution in [2.45, 2.75) is 17.9 Å². The predicted molar refractivity (Wildman–Crippen MR) is 111 cm³/mol. The maximum Gasteiger partial charge on any atom is 0.260 e. The lowest BCUT2D eigenvalue weighted by Gasteiger charge is -2.11. The summed E-state index contributed by atoms with van der Waals surface area (Å²) in [5.74, 6) is 3.02. The van der Waals surface area contributed by atoms with Gasteiger partial charge in [0.2, 0.25) is 0 Å². The van der Waals surface area contributed by atoms with Crippen molar-refractivity contribution < 1.29 is 9.15 Å². The Kier molecular flexibility index (Phi) is 5.05. The molecule has 7 heteroatoms. The number of nitrogens with zero attached hydrogens (tertiary/aromatic N) is 1. The van der Waals surface area contributed by atoms with Crippen molar-refractivity contribution in [2.75, 3.05) is 7.11 Å². The van der Waals surface area contributed by atoms with Gasteiger partial charge in [-0.2, -0.15) is 0 Å². The molecule has 4 aromatic rings. The molecule has 0 aliphatic carbocycles. The predicted octanol–water partition coefficient (Wildman–Crippen LogP) is 5.25. The Morgan fingerprint density at radius 2 is 2.22 bits per heavy atom. The minimum absolute atomic E-state index is 0.0578. The van der Waals surface area contributed by atoms with Crippen LogP contribution in [0.3, 0.4) is 0 Å². The molecule has 0 amide bonds. The van der Waals surface area contributed by atoms with Crippen LogP contribution in [0.15, 0.2) is 57.3 Å². The Morgan fingerprint density at radius 1 is 1.33 bits per heavy atom. The highest BCUT2D eigenvalue weighted by molar-refractivity contribution is 7.98. The summed E-state index contributed by atoms with van der Waals surface area (Å²) in [7, 11) is 1.66. The molecule has 3 heterocycles. The summed E-state index contributed by atoms with van der Waals surface area (Å²) in [6.07, 6.45) is 1.60. The molecule has 0 fully saturated rings. The number of nitrogens with one attached hydrogen (secondary N) is 1. The van der Waals surface area contributed by atoms with Crippen molar-refractivity contribution >= 4 is 33.3 Å². The van der Waals surface area contributed by atoms with Crippen molar-refractivity contribution in [1.29, 1.82) is 0 Å². The average Bonchev–Trinajstić information content (AvgIpc) is 3.35. The number of thioether (sulfide) groups is 1. The Bertz CT molecular complexity index is 1120. The maximum atomic E-state index is 12.7. The number of methoxy groups -OCH3 is 1. The fraction of sp³-hybridized carbons (Fsp3) is 0.200. The van der Waals surface area contributed by atoms with Gasteiger partial charge in [0.1, 0.15) is 22.2 Å². The summed E-state index contributed by atoms with van der Waals surface area (Å²) in [6.45, 7) is 2.05. The smallest absolute Gasteiger partial charge is 0.260 e. The standard InChI is InChI=1S/C20H18N2O3S2/c1-12(26-10-13-5-3-6-14(9-13)24-2)18-21-19(23)17-15(11-27-20(17)22-18)16-7-4-8-25-16/h3-9,11-12H,10H2,1-2H3,(H,21,22,23). The molecule has 5 nitrogen and oxygen atoms in total. The fourth-order valence-electron chi connectivity index (χ4n) is 2.83. The van der Waals surface area contributed by atoms with Crippen LogP contribution in [0.25, 0.3) is 21.5 Å². The Labute approximate surface area is 164 Å². The van der Waals surface area contributed by atoms with Crippen LogP contribution in [0.4, 0.5) is 0 Å². The first-order valence-electron chi connectivity index (χ1n) is 8.45. The highest BCUT2D eigenvalue weighted by Crippen LogP contribution is 2.34. The molecule has 4 rings (SSSR count). The molecule has 1 N–H and O–H groups in total. The van der Waals surface area contributed by atoms with Gasteiger partial charge in [0.15, 0.2) is 0 Å². The number of hydrogen-bond donors (Lipinski definition) is 1. The number of furan rings is 1. The van der Waals surface area contributed by atoms with Gasteiger partial charge in [-0.05, 0) is 36.8 Å². The van der Waals surface area contributed by atoms with Gasteiger partial charge in [0, 0.05) is 16.7 Å². The fourth-order valence-corrected chi connectivity index (χ4v) is 4.66. The second-order valence-electron chi connectivity index (χ2n) is 6.06. The van der Waals surface area contributed by atoms with E-state index in [1.807, 2.05) is 35.7 Å². The van der Waals surface area contributed by atoms with Crippen molar-refractivity contribution in [1.82, 2.24) is 9.97 Å². The topological polar surface area (TPSA) is 68.1 Å². The monoisotopic (exact) mass is 398 g/mol. The largest absolute Gasteiger partial charge is 0.497 e. The molecule has 0 aliphatic heterocycles. The molecular weight excluding hydrogens is 380 g/mol. The SMILES string of the molecule is COc1cccc(CSC(C)c2nc3scc(-c4ccco4)c3c(=O)[nH]2)c1. The summed E-state index contributed by atoms with van der Waals surface area (Å²) in [6, 6.07) is 11.7. The summed E-state index contributed by atoms with van der Waals surface area (Å²) in [5.41, 5.74) is 1.83. The minimum atomic E-state index is -0.128. The number of thiophene rings is 1. The van der Waals surface area contributed by atoms with E-state index in [-0.39, 0.29) is 10.8 Å². The summed E-state index contributed by atoms with van der Waals surface area (Å²) in [4.78, 5) is 21.1. The van der Waals surface area contributed by atoms with Crippen LogP contribution < -0.4 is 10.3 Å². The molecule has 0 bridgehead atoms. The normalized spacial score (nSPS) is 12.4. The lowest BCUT2D eigenvalue weighted by Crippen LogP contribution is -2.12. The van der Waals surface area contributed by atoms with Gasteiger partial charge < -0.3 is 14.1 Å². The lowest BCUT2D eigenvalue weighted by atomic mass is 10.2. The highest BCUT2D eigenvalue weighted by Gasteiger charge is 2.17. The van der Waals surface area contributed by atoms with E-state index in [0.29, 0.717) is 17.0 Å². The van der Waals surface area contributed by atoms with Crippen LogP contribution >= 0.6 is 23.1 Å². The van der Waals surface area contributed by atoms with E-state index in [1.54, 1.807) is 25.1 Å². The molecule has 0 aliphatic rings. The van der Waals surface area contributed by atoms with Crippen LogP contribution in [0.2, 0.25) is 0 Å². The van der Waals surface area contributed by atoms with Gasteiger partial charge in [-0.15, -0.1) is 23.1 Å². The molecular formula is C20H18N2O3S2. The van der Waals surface area contributed by atoms with Crippen molar-refractivity contribution in [3.63, 3.8) is 0 Å². The van der Waals surface area contributed by atoms with Gasteiger partial charge in [0.25, 0.3) is 5.56 Å². The summed E-state index contributed by atoms with van der Waals surface area (Å²) >= 11 is 3.18. The Balaban J connectivity index is 1.57. The number of benzene rings is 1. The minimum Gasteiger partial charge on any atom is -0.497 e. The first-order chi connectivity index (χ1) is 13.2. The maximum absolute atomic E-state index is 12.7. The second-order valence-corrected chi connectivity index (χ2v) is 8.25. The summed E-state index contributed by atoms with van der Waals surface area (Å²) < 4.78 is 10.7. The molecule has 1 aromatic carbocycles. The third-order valence-electron chi connectivity index (χ3n) is 4.27. The second kappa shape index (κ2) is 7.62. The van der Waals surface area contributed by atoms with Gasteiger partial charge in [0.05, 0.1) is 24.0 Å². The Morgan fingerprint density at radius 3 is 3.00 bits per heavy atom. The van der Waals surface area contributed by atoms with Crippen LogP contribution in [-0.4, -0.2) is 17.1 Å². The number of fused-ring (bicyclic) bond motifs is 1. The van der Waals surface area contributed by atoms with E-state index in [9.17, 15) is 4.79 Å². The molecule has 138 valence electrons. The van der Waals surface area contributed by atoms with E-state index >= 15 is 0 Å². The van der Waals surface area contributed by atoms with E-state index in [4.69, 9.17) is 9.15 Å². The molecule has 0 spiro atoms. The van der Waals surface area contributed by atoms with Crippen molar-refractivity contribution in [3.8, 4) is 17.1 Å². The van der Waals surface area contributed by atoms with Crippen LogP contribution in [-0.2, 0) is 5.75 Å². The average molecular weight is 399 g/mol. The molecule has 0 saturated heterocycles. The van der Waals surface area contributed by atoms with E-state index in [1.165, 1.54) is 16.9 Å². The number of aromatic nitrogens is 2. The molecule has 1 unspecified atom stereocenters. The molecule has 0 radical (unpaired) electrons. The number of ether oxygens (including phenoxy) is 1. The van der Waals surface area contributed by atoms with Gasteiger partial charge in [-0.1, -0.05) is 12.1 Å². The number of H-pyrrole nitrogens is 1. The molecule has 0 saturated carbocycles. The lowest BCUT2D eigenvalue weighted by molar-refractivity contribution is 0.414.